The number of benzene rings is 4. The SMILES string of the molecule is C=CC(c1ccccc1-c1cc(C(C)(C)C)cc[nH+]1)c1ccc2c3c4c(cccc4c4ccc[nH+]c4c13)C2(C)C.[I-].[I-]. The van der Waals surface area contributed by atoms with Gasteiger partial charge in [-0.2, -0.15) is 0 Å². The van der Waals surface area contributed by atoms with Crippen molar-refractivity contribution in [2.75, 3.05) is 0 Å². The maximum Gasteiger partial charge on any atom is 0.219 e. The first-order valence-electron chi connectivity index (χ1n) is 14.3. The van der Waals surface area contributed by atoms with Gasteiger partial charge in [-0.1, -0.05) is 89.2 Å². The lowest BCUT2D eigenvalue weighted by Gasteiger charge is -2.23. The molecule has 4 aromatic carbocycles. The minimum absolute atomic E-state index is 0. The first-order valence-corrected chi connectivity index (χ1v) is 14.3. The van der Waals surface area contributed by atoms with E-state index in [0.717, 1.165) is 5.69 Å². The number of hydrogen-bond donors (Lipinski definition) is 0. The Morgan fingerprint density at radius 1 is 0.714 bits per heavy atom. The Hall–Kier alpha value is -2.84. The second-order valence-electron chi connectivity index (χ2n) is 12.8. The van der Waals surface area contributed by atoms with Crippen LogP contribution in [0.3, 0.4) is 0 Å². The molecular formula is C38H36I2N2. The maximum absolute atomic E-state index is 4.40. The fourth-order valence-electron chi connectivity index (χ4n) is 7.03. The summed E-state index contributed by atoms with van der Waals surface area (Å²) in [5.41, 5.74) is 10.2. The monoisotopic (exact) mass is 774 g/mol. The van der Waals surface area contributed by atoms with Crippen LogP contribution in [0.25, 0.3) is 43.7 Å². The normalized spacial score (nSPS) is 14.1. The van der Waals surface area contributed by atoms with Crippen molar-refractivity contribution in [1.82, 2.24) is 0 Å². The van der Waals surface area contributed by atoms with E-state index in [4.69, 9.17) is 0 Å². The number of fused-ring (bicyclic) bond motifs is 3. The van der Waals surface area contributed by atoms with Crippen molar-refractivity contribution in [2.24, 2.45) is 0 Å². The number of rotatable bonds is 4. The van der Waals surface area contributed by atoms with E-state index in [1.807, 2.05) is 0 Å². The van der Waals surface area contributed by atoms with Crippen LogP contribution in [0, 0.1) is 0 Å². The van der Waals surface area contributed by atoms with Crippen molar-refractivity contribution < 1.29 is 57.9 Å². The molecule has 1 unspecified atom stereocenters. The Morgan fingerprint density at radius 2 is 1.45 bits per heavy atom. The molecule has 1 atom stereocenters. The van der Waals surface area contributed by atoms with Gasteiger partial charge in [0.05, 0.1) is 16.3 Å². The molecule has 0 fully saturated rings. The van der Waals surface area contributed by atoms with E-state index in [2.05, 4.69) is 148 Å². The van der Waals surface area contributed by atoms with Gasteiger partial charge in [0, 0.05) is 34.9 Å². The van der Waals surface area contributed by atoms with Gasteiger partial charge < -0.3 is 48.0 Å². The van der Waals surface area contributed by atoms with Crippen molar-refractivity contribution in [1.29, 1.82) is 0 Å². The second kappa shape index (κ2) is 11.0. The van der Waals surface area contributed by atoms with E-state index < -0.39 is 0 Å². The van der Waals surface area contributed by atoms with Crippen molar-refractivity contribution in [3.63, 3.8) is 0 Å². The minimum Gasteiger partial charge on any atom is -1.00 e. The average molecular weight is 775 g/mol. The summed E-state index contributed by atoms with van der Waals surface area (Å²) in [7, 11) is 0. The van der Waals surface area contributed by atoms with E-state index in [0.29, 0.717) is 0 Å². The summed E-state index contributed by atoms with van der Waals surface area (Å²) in [6.07, 6.45) is 6.25. The molecule has 6 aromatic rings. The van der Waals surface area contributed by atoms with Crippen molar-refractivity contribution >= 4 is 32.4 Å². The predicted octanol–water partition coefficient (Wildman–Crippen LogP) is 2.70. The molecule has 0 spiro atoms. The van der Waals surface area contributed by atoms with Gasteiger partial charge in [0.15, 0.2) is 12.4 Å². The van der Waals surface area contributed by atoms with Crippen LogP contribution in [0.1, 0.15) is 68.4 Å². The molecule has 2 N–H and O–H groups in total. The van der Waals surface area contributed by atoms with E-state index >= 15 is 0 Å². The first kappa shape index (κ1) is 30.6. The van der Waals surface area contributed by atoms with E-state index in [9.17, 15) is 0 Å². The molecule has 2 aromatic heterocycles. The third kappa shape index (κ3) is 4.48. The highest BCUT2D eigenvalue weighted by Crippen LogP contribution is 2.52. The molecule has 0 aliphatic heterocycles. The highest BCUT2D eigenvalue weighted by atomic mass is 127. The highest BCUT2D eigenvalue weighted by Gasteiger charge is 2.37. The Labute approximate surface area is 282 Å². The highest BCUT2D eigenvalue weighted by molar-refractivity contribution is 6.28. The van der Waals surface area contributed by atoms with E-state index in [1.54, 1.807) is 0 Å². The van der Waals surface area contributed by atoms with Crippen LogP contribution in [0.15, 0.2) is 104 Å². The van der Waals surface area contributed by atoms with Crippen LogP contribution < -0.4 is 57.9 Å². The third-order valence-corrected chi connectivity index (χ3v) is 9.12. The number of nitrogens with one attached hydrogen (secondary N) is 2. The van der Waals surface area contributed by atoms with Crippen LogP contribution in [-0.4, -0.2) is 0 Å². The van der Waals surface area contributed by atoms with Crippen LogP contribution >= 0.6 is 0 Å². The molecule has 0 saturated heterocycles. The summed E-state index contributed by atoms with van der Waals surface area (Å²) in [6.45, 7) is 15.9. The number of aromatic nitrogens is 2. The first-order chi connectivity index (χ1) is 19.2. The van der Waals surface area contributed by atoms with Gasteiger partial charge in [-0.3, -0.25) is 0 Å². The molecule has 4 heteroatoms. The van der Waals surface area contributed by atoms with E-state index in [-0.39, 0.29) is 64.7 Å². The van der Waals surface area contributed by atoms with Gasteiger partial charge in [-0.25, -0.2) is 9.97 Å². The molecule has 42 heavy (non-hydrogen) atoms. The Kier molecular flexibility index (Phi) is 8.03. The topological polar surface area (TPSA) is 28.3 Å². The number of halogens is 2. The van der Waals surface area contributed by atoms with Crippen LogP contribution in [0.4, 0.5) is 0 Å². The predicted molar refractivity (Wildman–Crippen MR) is 167 cm³/mol. The Morgan fingerprint density at radius 3 is 2.21 bits per heavy atom. The van der Waals surface area contributed by atoms with Crippen LogP contribution in [-0.2, 0) is 10.8 Å². The minimum atomic E-state index is -0.0556. The average Bonchev–Trinajstić information content (AvgIpc) is 3.20. The van der Waals surface area contributed by atoms with Gasteiger partial charge >= 0.3 is 0 Å². The molecule has 1 aliphatic rings. The summed E-state index contributed by atoms with van der Waals surface area (Å²) in [6, 6.07) is 29.2. The van der Waals surface area contributed by atoms with Crippen LogP contribution in [0.5, 0.6) is 0 Å². The summed E-state index contributed by atoms with van der Waals surface area (Å²) in [5.74, 6) is 0.0158. The molecule has 0 bridgehead atoms. The molecule has 2 nitrogen and oxygen atoms in total. The summed E-state index contributed by atoms with van der Waals surface area (Å²) < 4.78 is 0. The van der Waals surface area contributed by atoms with Crippen molar-refractivity contribution in [2.45, 2.75) is 51.4 Å². The summed E-state index contributed by atoms with van der Waals surface area (Å²) in [5, 5.41) is 6.68. The number of hydrogen-bond acceptors (Lipinski definition) is 0. The van der Waals surface area contributed by atoms with E-state index in [1.165, 1.54) is 65.8 Å². The molecule has 0 saturated carbocycles. The summed E-state index contributed by atoms with van der Waals surface area (Å²) in [4.78, 5) is 7.21. The quantitative estimate of drug-likeness (QED) is 0.150. The zero-order chi connectivity index (χ0) is 27.8. The fraction of sp³-hybridized carbons (Fsp3) is 0.211. The van der Waals surface area contributed by atoms with Crippen molar-refractivity contribution in [3.05, 3.63) is 132 Å². The second-order valence-corrected chi connectivity index (χ2v) is 12.8. The van der Waals surface area contributed by atoms with Gasteiger partial charge in [0.2, 0.25) is 11.2 Å². The smallest absolute Gasteiger partial charge is 0.219 e. The van der Waals surface area contributed by atoms with Crippen LogP contribution in [0.2, 0.25) is 0 Å². The lowest BCUT2D eigenvalue weighted by molar-refractivity contribution is -0.364. The molecular weight excluding hydrogens is 738 g/mol. The standard InChI is InChI=1S/C38H34N2.2HI/c1-7-24(25-12-8-9-13-26(25)32-22-23(19-21-39-32)37(2,3)4)28-17-18-31-35-33-27(14-10-16-30(33)38(31,5)6)29-15-11-20-40-36(29)34(28)35;;/h7-22,24H,1H2,2-6H3;2*1H. The van der Waals surface area contributed by atoms with Gasteiger partial charge in [0.1, 0.15) is 0 Å². The van der Waals surface area contributed by atoms with Gasteiger partial charge in [-0.05, 0) is 56.1 Å². The molecule has 0 amide bonds. The fourth-order valence-corrected chi connectivity index (χ4v) is 7.03. The van der Waals surface area contributed by atoms with Gasteiger partial charge in [-0.15, -0.1) is 6.58 Å². The maximum atomic E-state index is 4.40. The number of allylic oxidation sites excluding steroid dienone is 1. The van der Waals surface area contributed by atoms with Crippen molar-refractivity contribution in [3.8, 4) is 11.3 Å². The Bertz CT molecular complexity index is 2000. The summed E-state index contributed by atoms with van der Waals surface area (Å²) >= 11 is 0. The molecule has 1 aliphatic carbocycles. The lowest BCUT2D eigenvalue weighted by atomic mass is 9.79. The number of aromatic amines is 2. The molecule has 7 rings (SSSR count). The third-order valence-electron chi connectivity index (χ3n) is 9.12. The zero-order valence-corrected chi connectivity index (χ0v) is 29.1. The number of H-pyrrole nitrogens is 2. The molecule has 0 radical (unpaired) electrons. The number of pyridine rings is 2. The molecule has 212 valence electrons. The molecule has 2 heterocycles. The van der Waals surface area contributed by atoms with Gasteiger partial charge in [0.25, 0.3) is 0 Å². The lowest BCUT2D eigenvalue weighted by Crippen LogP contribution is -3.00. The largest absolute Gasteiger partial charge is 1.00 e. The Balaban J connectivity index is 0.00000176. The zero-order valence-electron chi connectivity index (χ0n) is 24.8.